The molecular formula is C23H28FN3O4S. The molecule has 1 heterocycles. The van der Waals surface area contributed by atoms with Crippen molar-refractivity contribution in [3.63, 3.8) is 0 Å². The minimum atomic E-state index is -3.76. The summed E-state index contributed by atoms with van der Waals surface area (Å²) in [7, 11) is -3.76. The van der Waals surface area contributed by atoms with Crippen molar-refractivity contribution in [3.05, 3.63) is 65.5 Å². The molecule has 32 heavy (non-hydrogen) atoms. The molecule has 0 aromatic heterocycles. The lowest BCUT2D eigenvalue weighted by atomic mass is 10.0. The topological polar surface area (TPSA) is 86.8 Å². The fourth-order valence-electron chi connectivity index (χ4n) is 3.54. The summed E-state index contributed by atoms with van der Waals surface area (Å²) in [5.74, 6) is -1.21. The van der Waals surface area contributed by atoms with Crippen molar-refractivity contribution >= 4 is 21.8 Å². The molecule has 1 atom stereocenters. The lowest BCUT2D eigenvalue weighted by Crippen LogP contribution is -2.57. The van der Waals surface area contributed by atoms with Gasteiger partial charge in [0, 0.05) is 31.7 Å². The van der Waals surface area contributed by atoms with Crippen LogP contribution in [-0.4, -0.2) is 61.7 Å². The van der Waals surface area contributed by atoms with Crippen molar-refractivity contribution in [2.75, 3.05) is 26.2 Å². The Morgan fingerprint density at radius 3 is 2.03 bits per heavy atom. The van der Waals surface area contributed by atoms with E-state index in [1.165, 1.54) is 16.4 Å². The zero-order chi connectivity index (χ0) is 23.5. The number of rotatable bonds is 6. The lowest BCUT2D eigenvalue weighted by molar-refractivity contribution is -0.135. The van der Waals surface area contributed by atoms with Crippen molar-refractivity contribution in [3.8, 4) is 0 Å². The van der Waals surface area contributed by atoms with Crippen molar-refractivity contribution in [2.24, 2.45) is 5.92 Å². The molecular weight excluding hydrogens is 433 g/mol. The molecule has 9 heteroatoms. The molecule has 0 bridgehead atoms. The average Bonchev–Trinajstić information content (AvgIpc) is 2.77. The van der Waals surface area contributed by atoms with Gasteiger partial charge < -0.3 is 10.2 Å². The van der Waals surface area contributed by atoms with E-state index in [2.05, 4.69) is 5.32 Å². The van der Waals surface area contributed by atoms with Crippen LogP contribution in [0.2, 0.25) is 0 Å². The molecule has 2 aromatic rings. The zero-order valence-corrected chi connectivity index (χ0v) is 19.2. The van der Waals surface area contributed by atoms with Crippen LogP contribution in [0.3, 0.4) is 0 Å². The smallest absolute Gasteiger partial charge is 0.251 e. The number of aryl methyl sites for hydroxylation is 1. The second-order valence-corrected chi connectivity index (χ2v) is 10.2. The highest BCUT2D eigenvalue weighted by Crippen LogP contribution is 2.19. The number of hydrogen-bond acceptors (Lipinski definition) is 4. The van der Waals surface area contributed by atoms with Gasteiger partial charge in [0.2, 0.25) is 15.9 Å². The number of benzene rings is 2. The summed E-state index contributed by atoms with van der Waals surface area (Å²) in [4.78, 5) is 27.4. The zero-order valence-electron chi connectivity index (χ0n) is 18.4. The molecule has 1 aliphatic heterocycles. The van der Waals surface area contributed by atoms with Crippen molar-refractivity contribution in [2.45, 2.75) is 31.7 Å². The predicted molar refractivity (Wildman–Crippen MR) is 119 cm³/mol. The monoisotopic (exact) mass is 461 g/mol. The number of sulfonamides is 1. The third kappa shape index (κ3) is 5.34. The van der Waals surface area contributed by atoms with Crippen LogP contribution in [0.1, 0.15) is 29.8 Å². The minimum Gasteiger partial charge on any atom is -0.340 e. The number of nitrogens with one attached hydrogen (secondary N) is 1. The number of amides is 2. The summed E-state index contributed by atoms with van der Waals surface area (Å²) in [5, 5.41) is 2.82. The Labute approximate surface area is 188 Å². The third-order valence-electron chi connectivity index (χ3n) is 5.53. The summed E-state index contributed by atoms with van der Waals surface area (Å²) < 4.78 is 40.0. The molecule has 1 saturated heterocycles. The Hall–Kier alpha value is -2.78. The molecule has 172 valence electrons. The molecule has 0 unspecified atom stereocenters. The maximum atomic E-state index is 13.1. The molecule has 1 fully saturated rings. The van der Waals surface area contributed by atoms with Crippen molar-refractivity contribution < 1.29 is 22.4 Å². The second-order valence-electron chi connectivity index (χ2n) is 8.24. The Morgan fingerprint density at radius 1 is 0.938 bits per heavy atom. The number of nitrogens with zero attached hydrogens (tertiary/aromatic N) is 2. The van der Waals surface area contributed by atoms with Crippen LogP contribution < -0.4 is 5.32 Å². The number of carbonyl (C=O) groups is 2. The van der Waals surface area contributed by atoms with Gasteiger partial charge in [-0.2, -0.15) is 4.31 Å². The number of hydrogen-bond donors (Lipinski definition) is 1. The molecule has 2 aromatic carbocycles. The molecule has 0 aliphatic carbocycles. The first kappa shape index (κ1) is 23.9. The quantitative estimate of drug-likeness (QED) is 0.716. The van der Waals surface area contributed by atoms with E-state index < -0.39 is 21.9 Å². The number of piperazine rings is 1. The molecule has 0 spiro atoms. The highest BCUT2D eigenvalue weighted by Gasteiger charge is 2.34. The summed E-state index contributed by atoms with van der Waals surface area (Å²) in [6.45, 7) is 6.31. The molecule has 0 saturated carbocycles. The van der Waals surface area contributed by atoms with Crippen molar-refractivity contribution in [1.82, 2.24) is 14.5 Å². The SMILES string of the molecule is Cc1ccc(C(=O)N[C@H](C(=O)N2CCN(S(=O)(=O)c3ccc(F)cc3)CC2)C(C)C)cc1. The van der Waals surface area contributed by atoms with Gasteiger partial charge in [-0.25, -0.2) is 12.8 Å². The maximum absolute atomic E-state index is 13.1. The number of halogens is 1. The van der Waals surface area contributed by atoms with Gasteiger partial charge in [-0.3, -0.25) is 9.59 Å². The first-order valence-corrected chi connectivity index (χ1v) is 12.0. The van der Waals surface area contributed by atoms with Gasteiger partial charge in [0.1, 0.15) is 11.9 Å². The van der Waals surface area contributed by atoms with Gasteiger partial charge in [-0.05, 0) is 49.2 Å². The van der Waals surface area contributed by atoms with E-state index in [9.17, 15) is 22.4 Å². The Bertz CT molecular complexity index is 1060. The van der Waals surface area contributed by atoms with Crippen molar-refractivity contribution in [1.29, 1.82) is 0 Å². The Morgan fingerprint density at radius 2 is 1.50 bits per heavy atom. The maximum Gasteiger partial charge on any atom is 0.251 e. The molecule has 0 radical (unpaired) electrons. The van der Waals surface area contributed by atoms with Gasteiger partial charge in [-0.15, -0.1) is 0 Å². The Kier molecular flexibility index (Phi) is 7.30. The largest absolute Gasteiger partial charge is 0.340 e. The van der Waals surface area contributed by atoms with E-state index in [1.54, 1.807) is 17.0 Å². The third-order valence-corrected chi connectivity index (χ3v) is 7.45. The Balaban J connectivity index is 1.65. The van der Waals surface area contributed by atoms with Crippen LogP contribution in [0.15, 0.2) is 53.4 Å². The van der Waals surface area contributed by atoms with Gasteiger partial charge in [-0.1, -0.05) is 31.5 Å². The highest BCUT2D eigenvalue weighted by molar-refractivity contribution is 7.89. The molecule has 3 rings (SSSR count). The van der Waals surface area contributed by atoms with E-state index in [1.807, 2.05) is 32.9 Å². The van der Waals surface area contributed by atoms with E-state index >= 15 is 0 Å². The van der Waals surface area contributed by atoms with Crippen LogP contribution in [0.5, 0.6) is 0 Å². The fraction of sp³-hybridized carbons (Fsp3) is 0.391. The minimum absolute atomic E-state index is 0.0177. The number of carbonyl (C=O) groups excluding carboxylic acids is 2. The van der Waals surface area contributed by atoms with Crippen LogP contribution in [0.4, 0.5) is 4.39 Å². The first-order chi connectivity index (χ1) is 15.1. The lowest BCUT2D eigenvalue weighted by Gasteiger charge is -2.36. The second kappa shape index (κ2) is 9.79. The van der Waals surface area contributed by atoms with E-state index in [4.69, 9.17) is 0 Å². The van der Waals surface area contributed by atoms with E-state index in [0.29, 0.717) is 5.56 Å². The van der Waals surface area contributed by atoms with Gasteiger partial charge in [0.25, 0.3) is 5.91 Å². The fourth-order valence-corrected chi connectivity index (χ4v) is 4.97. The van der Waals surface area contributed by atoms with Crippen LogP contribution in [0, 0.1) is 18.7 Å². The molecule has 7 nitrogen and oxygen atoms in total. The van der Waals surface area contributed by atoms with E-state index in [-0.39, 0.29) is 48.8 Å². The molecule has 1 N–H and O–H groups in total. The summed E-state index contributed by atoms with van der Waals surface area (Å²) in [5.41, 5.74) is 1.51. The van der Waals surface area contributed by atoms with Crippen LogP contribution in [-0.2, 0) is 14.8 Å². The first-order valence-electron chi connectivity index (χ1n) is 10.5. The average molecular weight is 462 g/mol. The van der Waals surface area contributed by atoms with Crippen LogP contribution in [0.25, 0.3) is 0 Å². The van der Waals surface area contributed by atoms with Gasteiger partial charge in [0.15, 0.2) is 0 Å². The van der Waals surface area contributed by atoms with E-state index in [0.717, 1.165) is 17.7 Å². The predicted octanol–water partition coefficient (Wildman–Crippen LogP) is 2.42. The normalized spacial score (nSPS) is 16.1. The summed E-state index contributed by atoms with van der Waals surface area (Å²) >= 11 is 0. The highest BCUT2D eigenvalue weighted by atomic mass is 32.2. The standard InChI is InChI=1S/C23H28FN3O4S/c1-16(2)21(25-22(28)18-6-4-17(3)5-7-18)23(29)26-12-14-27(15-13-26)32(30,31)20-10-8-19(24)9-11-20/h4-11,16,21H,12-15H2,1-3H3,(H,25,28)/t21-/m0/s1. The van der Waals surface area contributed by atoms with Gasteiger partial charge in [0.05, 0.1) is 4.90 Å². The molecule has 1 aliphatic rings. The van der Waals surface area contributed by atoms with Gasteiger partial charge >= 0.3 is 0 Å². The summed E-state index contributed by atoms with van der Waals surface area (Å²) in [6, 6.07) is 11.1. The van der Waals surface area contributed by atoms with Crippen LogP contribution >= 0.6 is 0 Å². The molecule has 2 amide bonds. The summed E-state index contributed by atoms with van der Waals surface area (Å²) in [6.07, 6.45) is 0.